The van der Waals surface area contributed by atoms with Gasteiger partial charge in [0.25, 0.3) is 5.91 Å². The molecule has 0 N–H and O–H groups in total. The maximum atomic E-state index is 14.0. The zero-order valence-corrected chi connectivity index (χ0v) is 20.3. The van der Waals surface area contributed by atoms with E-state index in [0.717, 1.165) is 29.1 Å². The molecule has 3 aromatic rings. The Labute approximate surface area is 207 Å². The summed E-state index contributed by atoms with van der Waals surface area (Å²) < 4.78 is 49.2. The van der Waals surface area contributed by atoms with Gasteiger partial charge in [-0.05, 0) is 68.3 Å². The fourth-order valence-corrected chi connectivity index (χ4v) is 5.21. The molecule has 2 atom stereocenters. The monoisotopic (exact) mass is 496 g/mol. The molecular weight excluding hydrogens is 469 g/mol. The van der Waals surface area contributed by atoms with Gasteiger partial charge in [0, 0.05) is 30.9 Å². The molecule has 2 aromatic carbocycles. The molecule has 1 unspecified atom stereocenters. The summed E-state index contributed by atoms with van der Waals surface area (Å²) in [5.41, 5.74) is 3.37. The summed E-state index contributed by atoms with van der Waals surface area (Å²) in [6.07, 6.45) is 6.75. The Bertz CT molecular complexity index is 1330. The standard InChI is InChI=1S/C27H27F3N4O2/c1-16-12-33(15-31-16)23-7-4-17(9-25(23)36-3)8-18-5-6-20-13-32(2)14-24(34(20)27(18)35)19-10-21(28)26(30)22(29)11-19/h4,7-12,15,20,24H,5-6,13-14H2,1-3H3/b18-8+/t20-,24?/m1/s1. The van der Waals surface area contributed by atoms with Crippen molar-refractivity contribution >= 4 is 12.0 Å². The van der Waals surface area contributed by atoms with Crippen molar-refractivity contribution < 1.29 is 22.7 Å². The van der Waals surface area contributed by atoms with E-state index >= 15 is 0 Å². The van der Waals surface area contributed by atoms with Gasteiger partial charge in [-0.3, -0.25) is 4.79 Å². The molecule has 0 bridgehead atoms. The number of nitrogens with zero attached hydrogens (tertiary/aromatic N) is 4. The predicted molar refractivity (Wildman–Crippen MR) is 129 cm³/mol. The zero-order chi connectivity index (χ0) is 25.6. The molecule has 2 aliphatic heterocycles. The minimum Gasteiger partial charge on any atom is -0.495 e. The Hall–Kier alpha value is -3.59. The molecule has 36 heavy (non-hydrogen) atoms. The fourth-order valence-electron chi connectivity index (χ4n) is 5.21. The number of aryl methyl sites for hydroxylation is 1. The van der Waals surface area contributed by atoms with Gasteiger partial charge in [0.15, 0.2) is 17.5 Å². The van der Waals surface area contributed by atoms with Crippen LogP contribution in [0, 0.1) is 24.4 Å². The lowest BCUT2D eigenvalue weighted by molar-refractivity contribution is -0.138. The molecule has 1 amide bonds. The first kappa shape index (κ1) is 24.1. The van der Waals surface area contributed by atoms with E-state index in [1.807, 2.05) is 53.9 Å². The SMILES string of the molecule is COc1cc(/C=C2\CC[C@@H]3CN(C)CC(c4cc(F)c(F)c(F)c4)N3C2=O)ccc1-n1cnc(C)c1. The van der Waals surface area contributed by atoms with E-state index in [1.54, 1.807) is 18.3 Å². The van der Waals surface area contributed by atoms with Crippen LogP contribution in [0.25, 0.3) is 11.8 Å². The van der Waals surface area contributed by atoms with Crippen molar-refractivity contribution in [1.82, 2.24) is 19.4 Å². The number of carbonyl (C=O) groups is 1. The van der Waals surface area contributed by atoms with Crippen LogP contribution < -0.4 is 4.74 Å². The first-order valence-electron chi connectivity index (χ1n) is 11.8. The number of piperidine rings is 1. The number of rotatable bonds is 4. The van der Waals surface area contributed by atoms with Crippen molar-refractivity contribution in [2.24, 2.45) is 0 Å². The lowest BCUT2D eigenvalue weighted by atomic mass is 9.89. The van der Waals surface area contributed by atoms with Gasteiger partial charge in [-0.15, -0.1) is 0 Å². The number of hydrogen-bond donors (Lipinski definition) is 0. The maximum absolute atomic E-state index is 14.0. The van der Waals surface area contributed by atoms with Gasteiger partial charge in [-0.2, -0.15) is 0 Å². The second kappa shape index (κ2) is 9.46. The summed E-state index contributed by atoms with van der Waals surface area (Å²) in [4.78, 5) is 21.7. The van der Waals surface area contributed by atoms with Crippen LogP contribution >= 0.6 is 0 Å². The number of amides is 1. The number of likely N-dealkylation sites (N-methyl/N-ethyl adjacent to an activating group) is 1. The van der Waals surface area contributed by atoms with Gasteiger partial charge in [-0.1, -0.05) is 6.07 Å². The second-order valence-corrected chi connectivity index (χ2v) is 9.46. The van der Waals surface area contributed by atoms with Gasteiger partial charge in [0.2, 0.25) is 0 Å². The summed E-state index contributed by atoms with van der Waals surface area (Å²) in [5.74, 6) is -3.56. The Balaban J connectivity index is 1.47. The van der Waals surface area contributed by atoms with Crippen molar-refractivity contribution in [2.75, 3.05) is 27.2 Å². The number of methoxy groups -OCH3 is 1. The molecule has 2 aliphatic rings. The first-order chi connectivity index (χ1) is 17.2. The molecule has 6 nitrogen and oxygen atoms in total. The van der Waals surface area contributed by atoms with E-state index in [0.29, 0.717) is 37.3 Å². The van der Waals surface area contributed by atoms with Gasteiger partial charge in [-0.25, -0.2) is 18.2 Å². The molecule has 0 saturated carbocycles. The molecule has 188 valence electrons. The second-order valence-electron chi connectivity index (χ2n) is 9.46. The van der Waals surface area contributed by atoms with Crippen molar-refractivity contribution in [3.8, 4) is 11.4 Å². The molecule has 2 saturated heterocycles. The number of imidazole rings is 1. The molecule has 0 aliphatic carbocycles. The van der Waals surface area contributed by atoms with Crippen LogP contribution in [0.5, 0.6) is 5.75 Å². The van der Waals surface area contributed by atoms with Gasteiger partial charge in [0.1, 0.15) is 5.75 Å². The third-order valence-corrected chi connectivity index (χ3v) is 6.92. The van der Waals surface area contributed by atoms with E-state index in [2.05, 4.69) is 4.98 Å². The number of ether oxygens (including phenoxy) is 1. The average molecular weight is 497 g/mol. The van der Waals surface area contributed by atoms with Crippen molar-refractivity contribution in [2.45, 2.75) is 31.8 Å². The summed E-state index contributed by atoms with van der Waals surface area (Å²) in [7, 11) is 3.50. The Kier molecular flexibility index (Phi) is 6.34. The molecular formula is C27H27F3N4O2. The van der Waals surface area contributed by atoms with Crippen LogP contribution in [-0.2, 0) is 4.79 Å². The molecule has 3 heterocycles. The fraction of sp³-hybridized carbons (Fsp3) is 0.333. The van der Waals surface area contributed by atoms with Gasteiger partial charge >= 0.3 is 0 Å². The zero-order valence-electron chi connectivity index (χ0n) is 20.3. The molecule has 1 aromatic heterocycles. The minimum atomic E-state index is -1.51. The van der Waals surface area contributed by atoms with E-state index < -0.39 is 23.5 Å². The summed E-state index contributed by atoms with van der Waals surface area (Å²) in [5, 5.41) is 0. The number of hydrogen-bond acceptors (Lipinski definition) is 4. The number of aromatic nitrogens is 2. The Morgan fingerprint density at radius 1 is 1.11 bits per heavy atom. The molecule has 0 spiro atoms. The topological polar surface area (TPSA) is 50.6 Å². The van der Waals surface area contributed by atoms with E-state index in [9.17, 15) is 18.0 Å². The van der Waals surface area contributed by atoms with Gasteiger partial charge in [0.05, 0.1) is 30.9 Å². The van der Waals surface area contributed by atoms with Crippen LogP contribution in [0.4, 0.5) is 13.2 Å². The number of benzene rings is 2. The Morgan fingerprint density at radius 3 is 2.53 bits per heavy atom. The summed E-state index contributed by atoms with van der Waals surface area (Å²) >= 11 is 0. The maximum Gasteiger partial charge on any atom is 0.250 e. The van der Waals surface area contributed by atoms with E-state index in [-0.39, 0.29) is 17.5 Å². The third kappa shape index (κ3) is 4.39. The van der Waals surface area contributed by atoms with Crippen molar-refractivity contribution in [3.63, 3.8) is 0 Å². The van der Waals surface area contributed by atoms with Crippen molar-refractivity contribution in [3.05, 3.63) is 82.7 Å². The lowest BCUT2D eigenvalue weighted by Gasteiger charge is -2.48. The van der Waals surface area contributed by atoms with Crippen LogP contribution in [0.2, 0.25) is 0 Å². The van der Waals surface area contributed by atoms with Crippen LogP contribution in [0.3, 0.4) is 0 Å². The molecule has 9 heteroatoms. The Morgan fingerprint density at radius 2 is 1.86 bits per heavy atom. The first-order valence-corrected chi connectivity index (χ1v) is 11.8. The average Bonchev–Trinajstić information content (AvgIpc) is 3.29. The quantitative estimate of drug-likeness (QED) is 0.389. The highest BCUT2D eigenvalue weighted by atomic mass is 19.2. The smallest absolute Gasteiger partial charge is 0.250 e. The minimum absolute atomic E-state index is 0.101. The van der Waals surface area contributed by atoms with E-state index in [1.165, 1.54) is 0 Å². The molecule has 0 radical (unpaired) electrons. The third-order valence-electron chi connectivity index (χ3n) is 6.92. The summed E-state index contributed by atoms with van der Waals surface area (Å²) in [6, 6.07) is 6.98. The highest BCUT2D eigenvalue weighted by Gasteiger charge is 2.41. The normalized spacial score (nSPS) is 21.7. The number of carbonyl (C=O) groups excluding carboxylic acids is 1. The summed E-state index contributed by atoms with van der Waals surface area (Å²) in [6.45, 7) is 2.96. The van der Waals surface area contributed by atoms with Gasteiger partial charge < -0.3 is 19.1 Å². The number of halogens is 3. The van der Waals surface area contributed by atoms with E-state index in [4.69, 9.17) is 4.74 Å². The van der Waals surface area contributed by atoms with Crippen molar-refractivity contribution in [1.29, 1.82) is 0 Å². The molecule has 2 fully saturated rings. The van der Waals surface area contributed by atoms with Crippen LogP contribution in [-0.4, -0.2) is 58.5 Å². The largest absolute Gasteiger partial charge is 0.495 e. The number of fused-ring (bicyclic) bond motifs is 1. The highest BCUT2D eigenvalue weighted by Crippen LogP contribution is 2.37. The van der Waals surface area contributed by atoms with Crippen LogP contribution in [0.15, 0.2) is 48.4 Å². The lowest BCUT2D eigenvalue weighted by Crippen LogP contribution is -2.57. The highest BCUT2D eigenvalue weighted by molar-refractivity contribution is 5.99. The number of piperazine rings is 1. The predicted octanol–water partition coefficient (Wildman–Crippen LogP) is 4.67. The molecule has 5 rings (SSSR count). The van der Waals surface area contributed by atoms with Crippen LogP contribution in [0.1, 0.15) is 35.7 Å².